The zero-order chi connectivity index (χ0) is 25.4. The quantitative estimate of drug-likeness (QED) is 0.348. The number of halogens is 3. The molecule has 2 N–H and O–H groups in total. The number of aromatic nitrogens is 3. The molecule has 0 saturated heterocycles. The molecule has 36 heavy (non-hydrogen) atoms. The summed E-state index contributed by atoms with van der Waals surface area (Å²) >= 11 is 0. The van der Waals surface area contributed by atoms with Crippen LogP contribution >= 0.6 is 0 Å². The van der Waals surface area contributed by atoms with Gasteiger partial charge in [-0.25, -0.2) is 0 Å². The average molecular weight is 502 g/mol. The van der Waals surface area contributed by atoms with Gasteiger partial charge in [0, 0.05) is 47.7 Å². The third-order valence-corrected chi connectivity index (χ3v) is 7.45. The van der Waals surface area contributed by atoms with Gasteiger partial charge >= 0.3 is 6.18 Å². The molecule has 2 unspecified atom stereocenters. The first kappa shape index (κ1) is 24.4. The summed E-state index contributed by atoms with van der Waals surface area (Å²) in [5, 5.41) is 12.6. The number of alkyl halides is 3. The fraction of sp³-hybridized carbons (Fsp3) is 0.500. The van der Waals surface area contributed by atoms with Crippen molar-refractivity contribution < 1.29 is 22.8 Å². The number of hydrogen-bond donors (Lipinski definition) is 2. The summed E-state index contributed by atoms with van der Waals surface area (Å²) in [6.45, 7) is 1.86. The van der Waals surface area contributed by atoms with Crippen LogP contribution in [0, 0.1) is 24.7 Å². The molecule has 0 spiro atoms. The fourth-order valence-electron chi connectivity index (χ4n) is 5.33. The number of carbonyl (C=O) groups is 1. The van der Waals surface area contributed by atoms with Crippen LogP contribution in [0.1, 0.15) is 53.8 Å². The molecule has 192 valence electrons. The van der Waals surface area contributed by atoms with Crippen molar-refractivity contribution >= 4 is 22.5 Å². The monoisotopic (exact) mass is 501 g/mol. The molecule has 2 saturated carbocycles. The Morgan fingerprint density at radius 2 is 1.97 bits per heavy atom. The van der Waals surface area contributed by atoms with Gasteiger partial charge in [-0.2, -0.15) is 18.3 Å². The number of nitrogens with one attached hydrogen (secondary N) is 2. The smallest absolute Gasteiger partial charge is 0.392 e. The zero-order valence-electron chi connectivity index (χ0n) is 20.3. The molecule has 0 aliphatic heterocycles. The van der Waals surface area contributed by atoms with Crippen LogP contribution < -0.4 is 5.32 Å². The Morgan fingerprint density at radius 1 is 1.22 bits per heavy atom. The molecular weight excluding hydrogens is 471 g/mol. The summed E-state index contributed by atoms with van der Waals surface area (Å²) in [4.78, 5) is 21.8. The lowest BCUT2D eigenvalue weighted by molar-refractivity contribution is -0.152. The van der Waals surface area contributed by atoms with Gasteiger partial charge in [-0.15, -0.1) is 0 Å². The number of para-hydroxylation sites is 1. The van der Waals surface area contributed by atoms with Crippen molar-refractivity contribution in [3.8, 4) is 0 Å². The van der Waals surface area contributed by atoms with E-state index in [-0.39, 0.29) is 30.9 Å². The van der Waals surface area contributed by atoms with Gasteiger partial charge in [-0.05, 0) is 51.2 Å². The number of benzene rings is 1. The molecule has 1 aromatic carbocycles. The highest BCUT2D eigenvalue weighted by Crippen LogP contribution is 2.50. The largest absolute Gasteiger partial charge is 0.395 e. The van der Waals surface area contributed by atoms with Crippen LogP contribution in [0.25, 0.3) is 10.9 Å². The summed E-state index contributed by atoms with van der Waals surface area (Å²) in [7, 11) is 1.81. The van der Waals surface area contributed by atoms with Crippen LogP contribution in [0.2, 0.25) is 0 Å². The van der Waals surface area contributed by atoms with Crippen LogP contribution in [-0.4, -0.2) is 45.2 Å². The topological polar surface area (TPSA) is 84.3 Å². The number of aromatic amines is 1. The third-order valence-electron chi connectivity index (χ3n) is 7.45. The van der Waals surface area contributed by atoms with E-state index in [1.807, 2.05) is 37.3 Å². The van der Waals surface area contributed by atoms with E-state index in [2.05, 4.69) is 20.6 Å². The van der Waals surface area contributed by atoms with Crippen LogP contribution in [0.5, 0.6) is 0 Å². The van der Waals surface area contributed by atoms with E-state index < -0.39 is 18.0 Å². The minimum atomic E-state index is -4.17. The second-order valence-corrected chi connectivity index (χ2v) is 9.95. The highest BCUT2D eigenvalue weighted by molar-refractivity contribution is 6.08. The van der Waals surface area contributed by atoms with E-state index in [0.717, 1.165) is 48.0 Å². The molecule has 2 heterocycles. The Balaban J connectivity index is 1.22. The van der Waals surface area contributed by atoms with E-state index in [1.165, 1.54) is 0 Å². The molecule has 7 nitrogen and oxygen atoms in total. The second-order valence-electron chi connectivity index (χ2n) is 9.95. The first-order chi connectivity index (χ1) is 17.2. The zero-order valence-corrected chi connectivity index (χ0v) is 20.3. The Hall–Kier alpha value is -3.30. The highest BCUT2D eigenvalue weighted by atomic mass is 19.4. The Morgan fingerprint density at radius 3 is 2.64 bits per heavy atom. The average Bonchev–Trinajstić information content (AvgIpc) is 3.39. The number of H-pyrrole nitrogens is 1. The van der Waals surface area contributed by atoms with Crippen LogP contribution in [-0.2, 0) is 11.9 Å². The molecule has 2 aliphatic rings. The molecule has 10 heteroatoms. The Kier molecular flexibility index (Phi) is 6.53. The predicted octanol–water partition coefficient (Wildman–Crippen LogP) is 5.12. The lowest BCUT2D eigenvalue weighted by atomic mass is 9.82. The first-order valence-electron chi connectivity index (χ1n) is 12.4. The van der Waals surface area contributed by atoms with Gasteiger partial charge < -0.3 is 15.1 Å². The SMILES string of the molecule is Cc1[nH]c2ccccc2c1C(=O)NC1CCC(/C(=N/OCC2CC2C(F)(F)F)c2ccnn2C)CC1. The number of nitrogens with zero attached hydrogens (tertiary/aromatic N) is 3. The lowest BCUT2D eigenvalue weighted by Crippen LogP contribution is -2.39. The molecule has 2 atom stereocenters. The summed E-state index contributed by atoms with van der Waals surface area (Å²) in [5.41, 5.74) is 3.95. The molecule has 0 bridgehead atoms. The maximum absolute atomic E-state index is 13.1. The van der Waals surface area contributed by atoms with Crippen molar-refractivity contribution in [2.75, 3.05) is 6.61 Å². The van der Waals surface area contributed by atoms with Crippen molar-refractivity contribution in [3.63, 3.8) is 0 Å². The van der Waals surface area contributed by atoms with Gasteiger partial charge in [0.05, 0.1) is 17.2 Å². The summed E-state index contributed by atoms with van der Waals surface area (Å²) in [6.07, 6.45) is 0.693. The van der Waals surface area contributed by atoms with Crippen LogP contribution in [0.4, 0.5) is 13.2 Å². The van der Waals surface area contributed by atoms with Crippen molar-refractivity contribution in [1.29, 1.82) is 0 Å². The number of hydrogen-bond acceptors (Lipinski definition) is 4. The fourth-order valence-corrected chi connectivity index (χ4v) is 5.33. The second kappa shape index (κ2) is 9.63. The van der Waals surface area contributed by atoms with Crippen LogP contribution in [0.15, 0.2) is 41.7 Å². The number of fused-ring (bicyclic) bond motifs is 1. The predicted molar refractivity (Wildman–Crippen MR) is 130 cm³/mol. The van der Waals surface area contributed by atoms with Crippen molar-refractivity contribution in [1.82, 2.24) is 20.1 Å². The lowest BCUT2D eigenvalue weighted by Gasteiger charge is -2.29. The number of rotatable bonds is 7. The van der Waals surface area contributed by atoms with E-state index in [4.69, 9.17) is 4.84 Å². The maximum Gasteiger partial charge on any atom is 0.392 e. The Bertz CT molecular complexity index is 1270. The van der Waals surface area contributed by atoms with Gasteiger partial charge in [0.15, 0.2) is 0 Å². The molecule has 2 aromatic heterocycles. The standard InChI is InChI=1S/C26H30F3N5O2/c1-15-23(19-5-3-4-6-21(19)31-15)25(35)32-18-9-7-16(8-10-18)24(22-11-12-30-34(22)2)33-36-14-17-13-20(17)26(27,28)29/h3-6,11-12,16-18,20,31H,7-10,13-14H2,1-2H3,(H,32,35)/b33-24-. The Labute approximate surface area is 207 Å². The van der Waals surface area contributed by atoms with Crippen LogP contribution in [0.3, 0.4) is 0 Å². The van der Waals surface area contributed by atoms with Gasteiger partial charge in [0.1, 0.15) is 12.3 Å². The van der Waals surface area contributed by atoms with Crippen molar-refractivity contribution in [3.05, 3.63) is 53.5 Å². The van der Waals surface area contributed by atoms with E-state index in [0.29, 0.717) is 11.3 Å². The van der Waals surface area contributed by atoms with Gasteiger partial charge in [0.2, 0.25) is 0 Å². The minimum Gasteiger partial charge on any atom is -0.395 e. The van der Waals surface area contributed by atoms with Gasteiger partial charge in [0.25, 0.3) is 5.91 Å². The first-order valence-corrected chi connectivity index (χ1v) is 12.4. The molecule has 2 fully saturated rings. The highest BCUT2D eigenvalue weighted by Gasteiger charge is 2.56. The van der Waals surface area contributed by atoms with E-state index in [1.54, 1.807) is 17.9 Å². The van der Waals surface area contributed by atoms with Gasteiger partial charge in [-0.1, -0.05) is 23.4 Å². The molecule has 3 aromatic rings. The molecule has 1 amide bonds. The molecular formula is C26H30F3N5O2. The van der Waals surface area contributed by atoms with E-state index >= 15 is 0 Å². The number of aryl methyl sites for hydroxylation is 2. The normalized spacial score (nSPS) is 24.6. The third kappa shape index (κ3) is 4.99. The maximum atomic E-state index is 13.1. The minimum absolute atomic E-state index is 0.0366. The molecule has 0 radical (unpaired) electrons. The molecule has 2 aliphatic carbocycles. The summed E-state index contributed by atoms with van der Waals surface area (Å²) in [5.74, 6) is -1.82. The van der Waals surface area contributed by atoms with Crippen molar-refractivity contribution in [2.45, 2.75) is 51.2 Å². The summed E-state index contributed by atoms with van der Waals surface area (Å²) in [6, 6.07) is 9.63. The molecule has 5 rings (SSSR count). The number of amides is 1. The summed E-state index contributed by atoms with van der Waals surface area (Å²) < 4.78 is 40.2. The number of carbonyl (C=O) groups excluding carboxylic acids is 1. The number of oxime groups is 1. The van der Waals surface area contributed by atoms with Gasteiger partial charge in [-0.3, -0.25) is 9.48 Å². The van der Waals surface area contributed by atoms with Crippen molar-refractivity contribution in [2.24, 2.45) is 30.0 Å². The van der Waals surface area contributed by atoms with E-state index in [9.17, 15) is 18.0 Å².